The van der Waals surface area contributed by atoms with Crippen molar-refractivity contribution in [2.24, 2.45) is 0 Å². The van der Waals surface area contributed by atoms with Crippen molar-refractivity contribution < 1.29 is 4.42 Å². The van der Waals surface area contributed by atoms with Crippen LogP contribution in [0.3, 0.4) is 0 Å². The summed E-state index contributed by atoms with van der Waals surface area (Å²) in [5.41, 5.74) is 0. The molecule has 0 atom stereocenters. The molecule has 1 aliphatic heterocycles. The van der Waals surface area contributed by atoms with Crippen molar-refractivity contribution in [3.63, 3.8) is 0 Å². The van der Waals surface area contributed by atoms with Crippen LogP contribution in [0.2, 0.25) is 0 Å². The predicted molar refractivity (Wildman–Crippen MR) is 63.0 cm³/mol. The van der Waals surface area contributed by atoms with E-state index in [1.807, 2.05) is 24.5 Å². The topological polar surface area (TPSA) is 65.9 Å². The van der Waals surface area contributed by atoms with Crippen LogP contribution in [0.5, 0.6) is 0 Å². The van der Waals surface area contributed by atoms with Gasteiger partial charge < -0.3 is 20.0 Å². The zero-order valence-electron chi connectivity index (χ0n) is 9.23. The van der Waals surface area contributed by atoms with Crippen LogP contribution in [0, 0.1) is 0 Å². The Morgan fingerprint density at radius 2 is 1.56 bits per heavy atom. The highest BCUT2D eigenvalue weighted by Crippen LogP contribution is 1.72. The Bertz CT molecular complexity index is 217. The minimum atomic E-state index is 1.14. The summed E-state index contributed by atoms with van der Waals surface area (Å²) < 4.78 is 4.47. The Balaban J connectivity index is 0.000000121. The third-order valence-electron chi connectivity index (χ3n) is 1.80. The molecule has 0 aromatic carbocycles. The van der Waals surface area contributed by atoms with Crippen LogP contribution in [-0.4, -0.2) is 36.1 Å². The quantitative estimate of drug-likeness (QED) is 0.619. The second kappa shape index (κ2) is 9.95. The maximum atomic E-state index is 4.47. The molecule has 0 amide bonds. The number of aromatic amines is 1. The average Bonchev–Trinajstić information content (AvgIpc) is 3.10. The third kappa shape index (κ3) is 7.78. The van der Waals surface area contributed by atoms with Crippen LogP contribution in [-0.2, 0) is 0 Å². The maximum absolute atomic E-state index is 4.47. The number of piperazine rings is 1. The molecule has 3 rings (SSSR count). The molecule has 88 valence electrons. The van der Waals surface area contributed by atoms with Crippen LogP contribution in [0.1, 0.15) is 0 Å². The fourth-order valence-corrected chi connectivity index (χ4v) is 1.06. The normalized spacial score (nSPS) is 14.0. The van der Waals surface area contributed by atoms with E-state index in [2.05, 4.69) is 25.0 Å². The first-order valence-corrected chi connectivity index (χ1v) is 5.31. The standard InChI is InChI=1S/C4H10N2.C4H5N.C3H3NO/c1-2-6-4-3-5-1;1-2-4-5-3-1;1-2-5-3-4-1/h5-6H,1-4H2;1-5H;1-3H. The van der Waals surface area contributed by atoms with Crippen molar-refractivity contribution in [1.82, 2.24) is 20.6 Å². The Labute approximate surface area is 95.3 Å². The summed E-state index contributed by atoms with van der Waals surface area (Å²) >= 11 is 0. The summed E-state index contributed by atoms with van der Waals surface area (Å²) in [6, 6.07) is 3.89. The zero-order valence-corrected chi connectivity index (χ0v) is 9.23. The van der Waals surface area contributed by atoms with Gasteiger partial charge in [-0.25, -0.2) is 4.98 Å². The fraction of sp³-hybridized carbons (Fsp3) is 0.364. The Morgan fingerprint density at radius 3 is 1.75 bits per heavy atom. The van der Waals surface area contributed by atoms with E-state index in [1.165, 1.54) is 12.7 Å². The Hall–Kier alpha value is -1.59. The van der Waals surface area contributed by atoms with Gasteiger partial charge >= 0.3 is 0 Å². The zero-order chi connectivity index (χ0) is 11.3. The molecular formula is C11H18N4O. The largest absolute Gasteiger partial charge is 0.452 e. The van der Waals surface area contributed by atoms with Crippen LogP contribution in [0.25, 0.3) is 0 Å². The lowest BCUT2D eigenvalue weighted by molar-refractivity contribution is 0.534. The van der Waals surface area contributed by atoms with E-state index in [4.69, 9.17) is 0 Å². The van der Waals surface area contributed by atoms with E-state index >= 15 is 0 Å². The molecule has 16 heavy (non-hydrogen) atoms. The highest BCUT2D eigenvalue weighted by molar-refractivity contribution is 4.84. The average molecular weight is 222 g/mol. The summed E-state index contributed by atoms with van der Waals surface area (Å²) in [7, 11) is 0. The third-order valence-corrected chi connectivity index (χ3v) is 1.80. The first kappa shape index (κ1) is 12.5. The van der Waals surface area contributed by atoms with Gasteiger partial charge in [-0.15, -0.1) is 0 Å². The van der Waals surface area contributed by atoms with Gasteiger partial charge in [-0.1, -0.05) is 0 Å². The number of rotatable bonds is 0. The number of hydrogen-bond donors (Lipinski definition) is 3. The number of nitrogens with one attached hydrogen (secondary N) is 3. The van der Waals surface area contributed by atoms with Crippen LogP contribution in [0.4, 0.5) is 0 Å². The van der Waals surface area contributed by atoms with Gasteiger partial charge in [0, 0.05) is 38.6 Å². The summed E-state index contributed by atoms with van der Waals surface area (Å²) in [6.45, 7) is 4.56. The van der Waals surface area contributed by atoms with Gasteiger partial charge in [0.25, 0.3) is 0 Å². The molecule has 5 heteroatoms. The minimum Gasteiger partial charge on any atom is -0.452 e. The van der Waals surface area contributed by atoms with Gasteiger partial charge in [-0.05, 0) is 12.1 Å². The maximum Gasteiger partial charge on any atom is 0.180 e. The van der Waals surface area contributed by atoms with E-state index in [0.717, 1.165) is 26.2 Å². The summed E-state index contributed by atoms with van der Waals surface area (Å²) in [5.74, 6) is 0. The Kier molecular flexibility index (Phi) is 7.76. The van der Waals surface area contributed by atoms with Crippen molar-refractivity contribution in [1.29, 1.82) is 0 Å². The summed E-state index contributed by atoms with van der Waals surface area (Å²) in [5, 5.41) is 6.44. The molecule has 5 nitrogen and oxygen atoms in total. The molecule has 0 aliphatic carbocycles. The monoisotopic (exact) mass is 222 g/mol. The number of hydrogen-bond acceptors (Lipinski definition) is 4. The van der Waals surface area contributed by atoms with Gasteiger partial charge in [0.2, 0.25) is 0 Å². The molecule has 1 aliphatic rings. The SMILES string of the molecule is C1CNCCN1.c1cc[nH]c1.c1cocn1. The van der Waals surface area contributed by atoms with E-state index in [0.29, 0.717) is 0 Å². The first-order valence-electron chi connectivity index (χ1n) is 5.31. The molecule has 0 radical (unpaired) electrons. The number of nitrogens with zero attached hydrogens (tertiary/aromatic N) is 1. The van der Waals surface area contributed by atoms with Crippen molar-refractivity contribution in [3.05, 3.63) is 43.4 Å². The molecule has 3 heterocycles. The van der Waals surface area contributed by atoms with Gasteiger partial charge in [0.15, 0.2) is 6.39 Å². The number of oxazole rings is 1. The van der Waals surface area contributed by atoms with Crippen LogP contribution >= 0.6 is 0 Å². The molecule has 3 N–H and O–H groups in total. The van der Waals surface area contributed by atoms with Crippen LogP contribution in [0.15, 0.2) is 47.8 Å². The van der Waals surface area contributed by atoms with E-state index in [9.17, 15) is 0 Å². The molecule has 1 saturated heterocycles. The molecule has 1 fully saturated rings. The van der Waals surface area contributed by atoms with Crippen LogP contribution < -0.4 is 10.6 Å². The first-order chi connectivity index (χ1) is 8.00. The van der Waals surface area contributed by atoms with Gasteiger partial charge in [-0.3, -0.25) is 0 Å². The van der Waals surface area contributed by atoms with E-state index in [-0.39, 0.29) is 0 Å². The Morgan fingerprint density at radius 1 is 0.938 bits per heavy atom. The fourth-order valence-electron chi connectivity index (χ4n) is 1.06. The highest BCUT2D eigenvalue weighted by Gasteiger charge is 1.91. The van der Waals surface area contributed by atoms with Crippen molar-refractivity contribution in [3.8, 4) is 0 Å². The van der Waals surface area contributed by atoms with Crippen molar-refractivity contribution >= 4 is 0 Å². The summed E-state index contributed by atoms with van der Waals surface area (Å²) in [4.78, 5) is 6.42. The lowest BCUT2D eigenvalue weighted by atomic mass is 10.4. The molecule has 0 spiro atoms. The molecule has 0 saturated carbocycles. The molecular weight excluding hydrogens is 204 g/mol. The van der Waals surface area contributed by atoms with Crippen molar-refractivity contribution in [2.75, 3.05) is 26.2 Å². The molecule has 2 aromatic rings. The van der Waals surface area contributed by atoms with Gasteiger partial charge in [-0.2, -0.15) is 0 Å². The van der Waals surface area contributed by atoms with Gasteiger partial charge in [0.05, 0.1) is 6.20 Å². The second-order valence-corrected chi connectivity index (χ2v) is 3.06. The molecule has 0 unspecified atom stereocenters. The minimum absolute atomic E-state index is 1.14. The van der Waals surface area contributed by atoms with E-state index < -0.39 is 0 Å². The lowest BCUT2D eigenvalue weighted by Crippen LogP contribution is -2.39. The molecule has 0 bridgehead atoms. The molecule has 2 aromatic heterocycles. The number of H-pyrrole nitrogens is 1. The lowest BCUT2D eigenvalue weighted by Gasteiger charge is -2.11. The van der Waals surface area contributed by atoms with E-state index in [1.54, 1.807) is 6.20 Å². The highest BCUT2D eigenvalue weighted by atomic mass is 16.3. The predicted octanol–water partition coefficient (Wildman–Crippen LogP) is 0.868. The smallest absolute Gasteiger partial charge is 0.180 e. The summed E-state index contributed by atoms with van der Waals surface area (Å²) in [6.07, 6.45) is 8.22. The number of aromatic nitrogens is 2. The van der Waals surface area contributed by atoms with Gasteiger partial charge in [0.1, 0.15) is 6.26 Å². The second-order valence-electron chi connectivity index (χ2n) is 3.06. The van der Waals surface area contributed by atoms with Crippen molar-refractivity contribution in [2.45, 2.75) is 0 Å².